The van der Waals surface area contributed by atoms with E-state index in [1.807, 2.05) is 0 Å². The van der Waals surface area contributed by atoms with Gasteiger partial charge >= 0.3 is 0 Å². The summed E-state index contributed by atoms with van der Waals surface area (Å²) in [6.45, 7) is 0.155. The van der Waals surface area contributed by atoms with Gasteiger partial charge in [0.25, 0.3) is 0 Å². The lowest BCUT2D eigenvalue weighted by atomic mass is 10.3. The standard InChI is InChI=1S/C9H10N4O/c14-5-1-2-8-12-6-7-9(13-8)11-4-3-10-7/h3-4,6,14H,1-2,5H2. The Labute approximate surface area is 80.9 Å². The first-order valence-electron chi connectivity index (χ1n) is 4.43. The topological polar surface area (TPSA) is 71.8 Å². The zero-order chi connectivity index (χ0) is 9.80. The molecule has 0 saturated carbocycles. The summed E-state index contributed by atoms with van der Waals surface area (Å²) in [5, 5.41) is 8.66. The van der Waals surface area contributed by atoms with Gasteiger partial charge in [-0.3, -0.25) is 0 Å². The second-order valence-corrected chi connectivity index (χ2v) is 2.88. The summed E-state index contributed by atoms with van der Waals surface area (Å²) in [5.74, 6) is 0.701. The van der Waals surface area contributed by atoms with Crippen LogP contribution >= 0.6 is 0 Å². The molecule has 0 unspecified atom stereocenters. The summed E-state index contributed by atoms with van der Waals surface area (Å²) < 4.78 is 0. The number of rotatable bonds is 3. The smallest absolute Gasteiger partial charge is 0.181 e. The maximum atomic E-state index is 8.66. The van der Waals surface area contributed by atoms with Crippen molar-refractivity contribution >= 4 is 11.2 Å². The van der Waals surface area contributed by atoms with E-state index in [4.69, 9.17) is 5.11 Å². The first-order valence-corrected chi connectivity index (χ1v) is 4.43. The van der Waals surface area contributed by atoms with Crippen LogP contribution in [0.2, 0.25) is 0 Å². The summed E-state index contributed by atoms with van der Waals surface area (Å²) in [7, 11) is 0. The molecular weight excluding hydrogens is 180 g/mol. The number of aliphatic hydroxyl groups excluding tert-OH is 1. The highest BCUT2D eigenvalue weighted by atomic mass is 16.2. The summed E-state index contributed by atoms with van der Waals surface area (Å²) in [5.41, 5.74) is 1.30. The number of hydrogen-bond acceptors (Lipinski definition) is 5. The van der Waals surface area contributed by atoms with Crippen molar-refractivity contribution in [2.24, 2.45) is 0 Å². The number of hydrogen-bond donors (Lipinski definition) is 1. The van der Waals surface area contributed by atoms with E-state index in [-0.39, 0.29) is 6.61 Å². The van der Waals surface area contributed by atoms with Crippen LogP contribution in [0.5, 0.6) is 0 Å². The van der Waals surface area contributed by atoms with Gasteiger partial charge in [0.15, 0.2) is 5.65 Å². The molecule has 0 spiro atoms. The van der Waals surface area contributed by atoms with Gasteiger partial charge in [0, 0.05) is 25.4 Å². The van der Waals surface area contributed by atoms with Crippen molar-refractivity contribution in [3.05, 3.63) is 24.4 Å². The van der Waals surface area contributed by atoms with E-state index in [2.05, 4.69) is 19.9 Å². The van der Waals surface area contributed by atoms with Crippen molar-refractivity contribution in [2.45, 2.75) is 12.8 Å². The third-order valence-corrected chi connectivity index (χ3v) is 1.84. The highest BCUT2D eigenvalue weighted by Gasteiger charge is 2.00. The summed E-state index contributed by atoms with van der Waals surface area (Å²) in [6, 6.07) is 0. The maximum Gasteiger partial charge on any atom is 0.181 e. The molecule has 14 heavy (non-hydrogen) atoms. The summed E-state index contributed by atoms with van der Waals surface area (Å²) in [6.07, 6.45) is 6.21. The number of aryl methyl sites for hydroxylation is 1. The molecule has 0 aliphatic carbocycles. The zero-order valence-corrected chi connectivity index (χ0v) is 7.59. The lowest BCUT2D eigenvalue weighted by molar-refractivity contribution is 0.287. The van der Waals surface area contributed by atoms with E-state index in [1.54, 1.807) is 18.6 Å². The minimum Gasteiger partial charge on any atom is -0.396 e. The van der Waals surface area contributed by atoms with Crippen LogP contribution in [0.15, 0.2) is 18.6 Å². The zero-order valence-electron chi connectivity index (χ0n) is 7.59. The number of aliphatic hydroxyl groups is 1. The number of aromatic nitrogens is 4. The molecule has 0 atom stereocenters. The minimum atomic E-state index is 0.155. The molecule has 0 amide bonds. The van der Waals surface area contributed by atoms with Crippen molar-refractivity contribution in [3.63, 3.8) is 0 Å². The van der Waals surface area contributed by atoms with Crippen molar-refractivity contribution < 1.29 is 5.11 Å². The largest absolute Gasteiger partial charge is 0.396 e. The molecule has 5 heteroatoms. The Kier molecular flexibility index (Phi) is 2.60. The van der Waals surface area contributed by atoms with Crippen LogP contribution in [0.4, 0.5) is 0 Å². The van der Waals surface area contributed by atoms with Gasteiger partial charge in [0.05, 0.1) is 6.20 Å². The highest BCUT2D eigenvalue weighted by Crippen LogP contribution is 2.04. The summed E-state index contributed by atoms with van der Waals surface area (Å²) in [4.78, 5) is 16.5. The summed E-state index contributed by atoms with van der Waals surface area (Å²) >= 11 is 0. The second kappa shape index (κ2) is 4.06. The maximum absolute atomic E-state index is 8.66. The van der Waals surface area contributed by atoms with Crippen LogP contribution < -0.4 is 0 Å². The molecule has 2 rings (SSSR count). The average Bonchev–Trinajstić information content (AvgIpc) is 2.26. The Morgan fingerprint density at radius 1 is 1.14 bits per heavy atom. The third-order valence-electron chi connectivity index (χ3n) is 1.84. The van der Waals surface area contributed by atoms with E-state index in [1.165, 1.54) is 0 Å². The average molecular weight is 190 g/mol. The fourth-order valence-electron chi connectivity index (χ4n) is 1.16. The van der Waals surface area contributed by atoms with Crippen LogP contribution in [0, 0.1) is 0 Å². The predicted octanol–water partition coefficient (Wildman–Crippen LogP) is 0.345. The Bertz CT molecular complexity index is 432. The Morgan fingerprint density at radius 3 is 2.86 bits per heavy atom. The van der Waals surface area contributed by atoms with E-state index >= 15 is 0 Å². The monoisotopic (exact) mass is 190 g/mol. The molecule has 0 aliphatic heterocycles. The van der Waals surface area contributed by atoms with Gasteiger partial charge in [0.2, 0.25) is 0 Å². The van der Waals surface area contributed by atoms with Crippen LogP contribution in [-0.2, 0) is 6.42 Å². The Balaban J connectivity index is 2.32. The van der Waals surface area contributed by atoms with E-state index in [9.17, 15) is 0 Å². The van der Waals surface area contributed by atoms with Gasteiger partial charge in [-0.25, -0.2) is 19.9 Å². The van der Waals surface area contributed by atoms with Gasteiger partial charge in [-0.2, -0.15) is 0 Å². The van der Waals surface area contributed by atoms with E-state index < -0.39 is 0 Å². The first-order chi connectivity index (χ1) is 6.90. The lowest BCUT2D eigenvalue weighted by Gasteiger charge is -1.98. The molecule has 2 aromatic heterocycles. The molecule has 1 N–H and O–H groups in total. The van der Waals surface area contributed by atoms with Crippen LogP contribution in [-0.4, -0.2) is 31.6 Å². The van der Waals surface area contributed by atoms with Gasteiger partial charge in [0.1, 0.15) is 11.3 Å². The van der Waals surface area contributed by atoms with Gasteiger partial charge in [-0.15, -0.1) is 0 Å². The van der Waals surface area contributed by atoms with Crippen molar-refractivity contribution in [3.8, 4) is 0 Å². The van der Waals surface area contributed by atoms with Gasteiger partial charge < -0.3 is 5.11 Å². The fourth-order valence-corrected chi connectivity index (χ4v) is 1.16. The predicted molar refractivity (Wildman–Crippen MR) is 50.5 cm³/mol. The SMILES string of the molecule is OCCCc1ncc2nccnc2n1. The molecule has 72 valence electrons. The first kappa shape index (κ1) is 8.96. The molecule has 0 bridgehead atoms. The third kappa shape index (κ3) is 1.82. The van der Waals surface area contributed by atoms with Crippen LogP contribution in [0.3, 0.4) is 0 Å². The molecule has 2 heterocycles. The van der Waals surface area contributed by atoms with E-state index in [0.717, 1.165) is 0 Å². The Morgan fingerprint density at radius 2 is 2.00 bits per heavy atom. The number of nitrogens with zero attached hydrogens (tertiary/aromatic N) is 4. The molecule has 0 saturated heterocycles. The minimum absolute atomic E-state index is 0.155. The quantitative estimate of drug-likeness (QED) is 0.755. The molecule has 0 fully saturated rings. The van der Waals surface area contributed by atoms with Crippen LogP contribution in [0.1, 0.15) is 12.2 Å². The molecule has 0 radical (unpaired) electrons. The second-order valence-electron chi connectivity index (χ2n) is 2.88. The van der Waals surface area contributed by atoms with E-state index in [0.29, 0.717) is 29.8 Å². The van der Waals surface area contributed by atoms with Gasteiger partial charge in [-0.1, -0.05) is 0 Å². The lowest BCUT2D eigenvalue weighted by Crippen LogP contribution is -1.98. The molecule has 0 aliphatic rings. The van der Waals surface area contributed by atoms with Gasteiger partial charge in [-0.05, 0) is 6.42 Å². The van der Waals surface area contributed by atoms with Crippen molar-refractivity contribution in [1.29, 1.82) is 0 Å². The normalized spacial score (nSPS) is 10.6. The molecule has 0 aromatic carbocycles. The highest BCUT2D eigenvalue weighted by molar-refractivity contribution is 5.67. The Hall–Kier alpha value is -1.62. The van der Waals surface area contributed by atoms with Crippen molar-refractivity contribution in [2.75, 3.05) is 6.61 Å². The molecular formula is C9H10N4O. The molecule has 2 aromatic rings. The number of fused-ring (bicyclic) bond motifs is 1. The van der Waals surface area contributed by atoms with Crippen molar-refractivity contribution in [1.82, 2.24) is 19.9 Å². The van der Waals surface area contributed by atoms with Crippen LogP contribution in [0.25, 0.3) is 11.2 Å². The fraction of sp³-hybridized carbons (Fsp3) is 0.333. The molecule has 5 nitrogen and oxygen atoms in total.